The molecule has 1 aliphatic heterocycles. The van der Waals surface area contributed by atoms with Gasteiger partial charge in [-0.25, -0.2) is 9.97 Å². The number of rotatable bonds is 4. The van der Waals surface area contributed by atoms with Gasteiger partial charge in [0.2, 0.25) is 17.8 Å². The molecule has 2 aliphatic rings. The van der Waals surface area contributed by atoms with Gasteiger partial charge in [-0.15, -0.1) is 0 Å². The van der Waals surface area contributed by atoms with Crippen molar-refractivity contribution in [1.82, 2.24) is 14.9 Å². The van der Waals surface area contributed by atoms with E-state index in [9.17, 15) is 9.59 Å². The van der Waals surface area contributed by atoms with E-state index < -0.39 is 5.41 Å². The molecule has 1 aromatic carbocycles. The molecule has 28 heavy (non-hydrogen) atoms. The van der Waals surface area contributed by atoms with Gasteiger partial charge in [-0.2, -0.15) is 5.26 Å². The zero-order valence-electron chi connectivity index (χ0n) is 15.3. The van der Waals surface area contributed by atoms with E-state index in [-0.39, 0.29) is 11.8 Å². The summed E-state index contributed by atoms with van der Waals surface area (Å²) < 4.78 is 0. The van der Waals surface area contributed by atoms with Crippen LogP contribution in [0.2, 0.25) is 0 Å². The quantitative estimate of drug-likeness (QED) is 0.810. The molecule has 0 bridgehead atoms. The van der Waals surface area contributed by atoms with E-state index in [1.54, 1.807) is 47.6 Å². The van der Waals surface area contributed by atoms with Crippen molar-refractivity contribution in [2.45, 2.75) is 12.8 Å². The smallest absolute Gasteiger partial charge is 0.240 e. The highest BCUT2D eigenvalue weighted by Crippen LogP contribution is 2.48. The Morgan fingerprint density at radius 2 is 1.68 bits per heavy atom. The lowest BCUT2D eigenvalue weighted by Crippen LogP contribution is -2.53. The Hall–Kier alpha value is -3.47. The highest BCUT2D eigenvalue weighted by molar-refractivity contribution is 6.13. The summed E-state index contributed by atoms with van der Waals surface area (Å²) in [7, 11) is 0. The molecule has 4 rings (SSSR count). The molecule has 2 amide bonds. The van der Waals surface area contributed by atoms with Crippen LogP contribution in [0.1, 0.15) is 18.4 Å². The standard InChI is InChI=1S/C20H20N6O2/c21-14-15-2-4-16(5-3-15)24-17(27)20(6-7-20)18(28)25-10-12-26(13-11-25)19-22-8-1-9-23-19/h1-5,8-9H,6-7,10-13H2,(H,24,27). The van der Waals surface area contributed by atoms with E-state index in [4.69, 9.17) is 5.26 Å². The van der Waals surface area contributed by atoms with E-state index in [2.05, 4.69) is 15.3 Å². The number of aromatic nitrogens is 2. The van der Waals surface area contributed by atoms with Crippen molar-refractivity contribution in [3.05, 3.63) is 48.3 Å². The molecule has 0 radical (unpaired) electrons. The Labute approximate surface area is 162 Å². The first-order valence-electron chi connectivity index (χ1n) is 9.25. The van der Waals surface area contributed by atoms with Crippen LogP contribution in [0, 0.1) is 16.7 Å². The molecule has 1 aliphatic carbocycles. The van der Waals surface area contributed by atoms with Crippen LogP contribution in [0.15, 0.2) is 42.7 Å². The lowest BCUT2D eigenvalue weighted by atomic mass is 10.0. The number of nitrogens with one attached hydrogen (secondary N) is 1. The molecule has 1 aromatic heterocycles. The molecule has 1 saturated heterocycles. The summed E-state index contributed by atoms with van der Waals surface area (Å²) in [4.78, 5) is 38.1. The minimum Gasteiger partial charge on any atom is -0.338 e. The third-order valence-electron chi connectivity index (χ3n) is 5.27. The van der Waals surface area contributed by atoms with E-state index in [1.807, 2.05) is 11.0 Å². The molecule has 0 unspecified atom stereocenters. The van der Waals surface area contributed by atoms with Crippen LogP contribution in [0.3, 0.4) is 0 Å². The normalized spacial score (nSPS) is 17.5. The molecule has 0 atom stereocenters. The first kappa shape index (κ1) is 17.9. The van der Waals surface area contributed by atoms with Crippen molar-refractivity contribution in [3.63, 3.8) is 0 Å². The zero-order valence-corrected chi connectivity index (χ0v) is 15.3. The maximum absolute atomic E-state index is 13.0. The molecule has 2 aromatic rings. The van der Waals surface area contributed by atoms with Gasteiger partial charge in [-0.1, -0.05) is 0 Å². The third kappa shape index (κ3) is 3.39. The van der Waals surface area contributed by atoms with Crippen molar-refractivity contribution in [3.8, 4) is 6.07 Å². The number of carbonyl (C=O) groups is 2. The number of benzene rings is 1. The topological polar surface area (TPSA) is 102 Å². The van der Waals surface area contributed by atoms with Crippen LogP contribution in [-0.4, -0.2) is 52.9 Å². The van der Waals surface area contributed by atoms with Crippen molar-refractivity contribution >= 4 is 23.5 Å². The number of piperazine rings is 1. The van der Waals surface area contributed by atoms with Gasteiger partial charge in [-0.3, -0.25) is 9.59 Å². The number of carbonyl (C=O) groups excluding carboxylic acids is 2. The molecule has 1 saturated carbocycles. The van der Waals surface area contributed by atoms with Gasteiger partial charge < -0.3 is 15.1 Å². The van der Waals surface area contributed by atoms with Gasteiger partial charge in [0.15, 0.2) is 0 Å². The fourth-order valence-corrected chi connectivity index (χ4v) is 3.41. The summed E-state index contributed by atoms with van der Waals surface area (Å²) in [5, 5.41) is 11.7. The minimum atomic E-state index is -0.959. The molecule has 2 heterocycles. The van der Waals surface area contributed by atoms with Crippen LogP contribution in [0.25, 0.3) is 0 Å². The maximum atomic E-state index is 13.0. The Morgan fingerprint density at radius 3 is 2.25 bits per heavy atom. The molecule has 0 spiro atoms. The summed E-state index contributed by atoms with van der Waals surface area (Å²) in [6.07, 6.45) is 4.53. The first-order chi connectivity index (χ1) is 13.6. The van der Waals surface area contributed by atoms with Gasteiger partial charge in [0, 0.05) is 44.3 Å². The van der Waals surface area contributed by atoms with Crippen LogP contribution >= 0.6 is 0 Å². The molecular weight excluding hydrogens is 356 g/mol. The van der Waals surface area contributed by atoms with Crippen molar-refractivity contribution in [2.75, 3.05) is 36.4 Å². The second-order valence-electron chi connectivity index (χ2n) is 7.05. The van der Waals surface area contributed by atoms with Crippen LogP contribution < -0.4 is 10.2 Å². The number of hydrogen-bond acceptors (Lipinski definition) is 6. The van der Waals surface area contributed by atoms with Crippen molar-refractivity contribution < 1.29 is 9.59 Å². The zero-order chi connectivity index (χ0) is 19.6. The Morgan fingerprint density at radius 1 is 1.04 bits per heavy atom. The van der Waals surface area contributed by atoms with E-state index in [1.165, 1.54) is 0 Å². The number of amides is 2. The predicted octanol–water partition coefficient (Wildman–Crippen LogP) is 1.42. The summed E-state index contributed by atoms with van der Waals surface area (Å²) >= 11 is 0. The van der Waals surface area contributed by atoms with E-state index in [0.717, 1.165) is 0 Å². The second kappa shape index (κ2) is 7.27. The van der Waals surface area contributed by atoms with Gasteiger partial charge in [0.05, 0.1) is 11.6 Å². The van der Waals surface area contributed by atoms with Gasteiger partial charge in [0.25, 0.3) is 0 Å². The largest absolute Gasteiger partial charge is 0.338 e. The summed E-state index contributed by atoms with van der Waals surface area (Å²) in [6.45, 7) is 2.37. The summed E-state index contributed by atoms with van der Waals surface area (Å²) in [5.41, 5.74) is 0.156. The van der Waals surface area contributed by atoms with Crippen LogP contribution in [-0.2, 0) is 9.59 Å². The second-order valence-corrected chi connectivity index (χ2v) is 7.05. The SMILES string of the molecule is N#Cc1ccc(NC(=O)C2(C(=O)N3CCN(c4ncccn4)CC3)CC2)cc1. The van der Waals surface area contributed by atoms with Crippen LogP contribution in [0.4, 0.5) is 11.6 Å². The van der Waals surface area contributed by atoms with Gasteiger partial charge in [0.1, 0.15) is 5.41 Å². The van der Waals surface area contributed by atoms with Crippen molar-refractivity contribution in [1.29, 1.82) is 5.26 Å². The molecule has 1 N–H and O–H groups in total. The summed E-state index contributed by atoms with van der Waals surface area (Å²) in [6, 6.07) is 10.4. The van der Waals surface area contributed by atoms with Gasteiger partial charge in [-0.05, 0) is 43.2 Å². The number of hydrogen-bond donors (Lipinski definition) is 1. The van der Waals surface area contributed by atoms with Crippen LogP contribution in [0.5, 0.6) is 0 Å². The van der Waals surface area contributed by atoms with Crippen molar-refractivity contribution in [2.24, 2.45) is 5.41 Å². The highest BCUT2D eigenvalue weighted by atomic mass is 16.2. The molecule has 142 valence electrons. The number of nitriles is 1. The fourth-order valence-electron chi connectivity index (χ4n) is 3.41. The monoisotopic (exact) mass is 376 g/mol. The predicted molar refractivity (Wildman–Crippen MR) is 102 cm³/mol. The number of nitrogens with zero attached hydrogens (tertiary/aromatic N) is 5. The fraction of sp³-hybridized carbons (Fsp3) is 0.350. The van der Waals surface area contributed by atoms with E-state index in [0.29, 0.717) is 56.2 Å². The maximum Gasteiger partial charge on any atom is 0.240 e. The molecule has 8 nitrogen and oxygen atoms in total. The average molecular weight is 376 g/mol. The number of anilines is 2. The first-order valence-corrected chi connectivity index (χ1v) is 9.25. The molecule has 2 fully saturated rings. The minimum absolute atomic E-state index is 0.104. The Kier molecular flexibility index (Phi) is 4.65. The summed E-state index contributed by atoms with van der Waals surface area (Å²) in [5.74, 6) is 0.289. The highest BCUT2D eigenvalue weighted by Gasteiger charge is 2.58. The lowest BCUT2D eigenvalue weighted by Gasteiger charge is -2.36. The Bertz CT molecular complexity index is 910. The third-order valence-corrected chi connectivity index (χ3v) is 5.27. The molecular formula is C20H20N6O2. The van der Waals surface area contributed by atoms with E-state index >= 15 is 0 Å². The lowest BCUT2D eigenvalue weighted by molar-refractivity contribution is -0.142. The van der Waals surface area contributed by atoms with Gasteiger partial charge >= 0.3 is 0 Å². The Balaban J connectivity index is 1.37. The molecule has 8 heteroatoms. The average Bonchev–Trinajstić information content (AvgIpc) is 3.57.